The summed E-state index contributed by atoms with van der Waals surface area (Å²) < 4.78 is 0.987. The van der Waals surface area contributed by atoms with Gasteiger partial charge in [-0.3, -0.25) is 4.48 Å². The van der Waals surface area contributed by atoms with Gasteiger partial charge in [-0.2, -0.15) is 0 Å². The van der Waals surface area contributed by atoms with Crippen molar-refractivity contribution in [3.8, 4) is 0 Å². The lowest BCUT2D eigenvalue weighted by Gasteiger charge is -2.33. The lowest BCUT2D eigenvalue weighted by molar-refractivity contribution is 0.308. The van der Waals surface area contributed by atoms with E-state index < -0.39 is 0 Å². The van der Waals surface area contributed by atoms with Crippen LogP contribution in [0.1, 0.15) is 20.8 Å². The molecule has 0 radical (unpaired) electrons. The van der Waals surface area contributed by atoms with Gasteiger partial charge >= 0.3 is 0 Å². The molecule has 0 aliphatic carbocycles. The van der Waals surface area contributed by atoms with Crippen LogP contribution in [0.4, 0.5) is 5.82 Å². The van der Waals surface area contributed by atoms with Crippen LogP contribution in [0.25, 0.3) is 0 Å². The summed E-state index contributed by atoms with van der Waals surface area (Å²) in [5.41, 5.74) is 0. The molecule has 0 aliphatic rings. The van der Waals surface area contributed by atoms with Crippen molar-refractivity contribution in [2.24, 2.45) is 0 Å². The Morgan fingerprint density at radius 3 is 2.00 bits per heavy atom. The SMILES string of the molecule is CC[N+](CC)(CC)c1ccccn1.[OH-]. The first-order chi connectivity index (χ1) is 6.29. The minimum Gasteiger partial charge on any atom is -0.870 e. The Kier molecular flexibility index (Phi) is 5.35. The third-order valence-corrected chi connectivity index (χ3v) is 2.95. The van der Waals surface area contributed by atoms with Crippen molar-refractivity contribution in [1.29, 1.82) is 0 Å². The number of hydrogen-bond donors (Lipinski definition) is 0. The molecule has 3 nitrogen and oxygen atoms in total. The van der Waals surface area contributed by atoms with Crippen molar-refractivity contribution < 1.29 is 5.48 Å². The molecule has 0 atom stereocenters. The highest BCUT2D eigenvalue weighted by Crippen LogP contribution is 2.18. The van der Waals surface area contributed by atoms with Gasteiger partial charge in [0.15, 0.2) is 0 Å². The Morgan fingerprint density at radius 1 is 1.07 bits per heavy atom. The molecule has 0 saturated heterocycles. The highest BCUT2D eigenvalue weighted by atomic mass is 16.0. The van der Waals surface area contributed by atoms with Gasteiger partial charge < -0.3 is 5.48 Å². The molecule has 1 rings (SSSR count). The van der Waals surface area contributed by atoms with Crippen LogP contribution in [0.5, 0.6) is 0 Å². The Hall–Kier alpha value is -0.930. The summed E-state index contributed by atoms with van der Waals surface area (Å²) in [4.78, 5) is 4.44. The molecular formula is C11H20N2O. The van der Waals surface area contributed by atoms with E-state index in [4.69, 9.17) is 0 Å². The largest absolute Gasteiger partial charge is 0.870 e. The third-order valence-electron chi connectivity index (χ3n) is 2.95. The standard InChI is InChI=1S/C11H19N2.H2O/c1-4-13(5-2,6-3)11-9-7-8-10-12-11;/h7-10H,4-6H2,1-3H3;1H2/q+1;/p-1. The molecule has 0 amide bonds. The van der Waals surface area contributed by atoms with Gasteiger partial charge in [-0.05, 0) is 26.8 Å². The Bertz CT molecular complexity index is 236. The molecule has 0 bridgehead atoms. The van der Waals surface area contributed by atoms with E-state index in [1.54, 1.807) is 0 Å². The van der Waals surface area contributed by atoms with Crippen LogP contribution in [-0.4, -0.2) is 30.1 Å². The van der Waals surface area contributed by atoms with E-state index in [-0.39, 0.29) is 5.48 Å². The lowest BCUT2D eigenvalue weighted by atomic mass is 10.3. The molecule has 14 heavy (non-hydrogen) atoms. The van der Waals surface area contributed by atoms with E-state index in [1.165, 1.54) is 5.82 Å². The minimum absolute atomic E-state index is 0. The zero-order chi connectivity index (χ0) is 9.73. The second kappa shape index (κ2) is 5.73. The van der Waals surface area contributed by atoms with Gasteiger partial charge in [0.05, 0.1) is 19.6 Å². The Labute approximate surface area is 86.3 Å². The summed E-state index contributed by atoms with van der Waals surface area (Å²) in [6.45, 7) is 10.0. The second-order valence-corrected chi connectivity index (χ2v) is 3.28. The first kappa shape index (κ1) is 13.1. The fraction of sp³-hybridized carbons (Fsp3) is 0.545. The first-order valence-corrected chi connectivity index (χ1v) is 5.06. The topological polar surface area (TPSA) is 42.9 Å². The number of aromatic nitrogens is 1. The molecule has 3 heteroatoms. The molecule has 0 fully saturated rings. The molecule has 1 N–H and O–H groups in total. The summed E-state index contributed by atoms with van der Waals surface area (Å²) in [7, 11) is 0. The van der Waals surface area contributed by atoms with E-state index in [1.807, 2.05) is 12.3 Å². The predicted molar refractivity (Wildman–Crippen MR) is 59.6 cm³/mol. The maximum atomic E-state index is 4.44. The number of rotatable bonds is 4. The Balaban J connectivity index is 0.00000169. The Morgan fingerprint density at radius 2 is 1.64 bits per heavy atom. The molecule has 0 saturated carbocycles. The van der Waals surface area contributed by atoms with Gasteiger partial charge in [-0.15, -0.1) is 0 Å². The van der Waals surface area contributed by atoms with Gasteiger partial charge in [0.25, 0.3) is 0 Å². The first-order valence-electron chi connectivity index (χ1n) is 5.06. The summed E-state index contributed by atoms with van der Waals surface area (Å²) in [5, 5.41) is 0. The third kappa shape index (κ3) is 2.30. The highest BCUT2D eigenvalue weighted by molar-refractivity contribution is 5.33. The maximum Gasteiger partial charge on any atom is 0.227 e. The zero-order valence-electron chi connectivity index (χ0n) is 9.27. The normalized spacial score (nSPS) is 10.8. The van der Waals surface area contributed by atoms with Crippen LogP contribution in [0.2, 0.25) is 0 Å². The quantitative estimate of drug-likeness (QED) is 0.693. The number of pyridine rings is 1. The molecule has 0 aliphatic heterocycles. The smallest absolute Gasteiger partial charge is 0.227 e. The average molecular weight is 196 g/mol. The fourth-order valence-electron chi connectivity index (χ4n) is 1.79. The van der Waals surface area contributed by atoms with Crippen molar-refractivity contribution in [3.63, 3.8) is 0 Å². The molecule has 0 unspecified atom stereocenters. The van der Waals surface area contributed by atoms with Gasteiger partial charge in [0, 0.05) is 12.3 Å². The van der Waals surface area contributed by atoms with Gasteiger partial charge in [0.1, 0.15) is 0 Å². The van der Waals surface area contributed by atoms with Crippen LogP contribution in [-0.2, 0) is 0 Å². The highest BCUT2D eigenvalue weighted by Gasteiger charge is 2.24. The molecule has 1 aromatic rings. The van der Waals surface area contributed by atoms with Crippen LogP contribution in [0.15, 0.2) is 24.4 Å². The van der Waals surface area contributed by atoms with Crippen LogP contribution in [0, 0.1) is 0 Å². The lowest BCUT2D eigenvalue weighted by Crippen LogP contribution is -2.49. The molecule has 80 valence electrons. The van der Waals surface area contributed by atoms with Gasteiger partial charge in [-0.25, -0.2) is 4.98 Å². The molecule has 0 aromatic carbocycles. The van der Waals surface area contributed by atoms with E-state index in [0.29, 0.717) is 0 Å². The number of quaternary nitrogens is 1. The van der Waals surface area contributed by atoms with Crippen molar-refractivity contribution in [3.05, 3.63) is 24.4 Å². The zero-order valence-corrected chi connectivity index (χ0v) is 9.27. The predicted octanol–water partition coefficient (Wildman–Crippen LogP) is 2.27. The van der Waals surface area contributed by atoms with E-state index >= 15 is 0 Å². The maximum absolute atomic E-state index is 4.44. The van der Waals surface area contributed by atoms with Crippen molar-refractivity contribution in [1.82, 2.24) is 9.47 Å². The molecular weight excluding hydrogens is 176 g/mol. The van der Waals surface area contributed by atoms with Gasteiger partial charge in [-0.1, -0.05) is 6.07 Å². The minimum atomic E-state index is 0. The van der Waals surface area contributed by atoms with Gasteiger partial charge in [0.2, 0.25) is 5.82 Å². The van der Waals surface area contributed by atoms with Crippen molar-refractivity contribution in [2.45, 2.75) is 20.8 Å². The second-order valence-electron chi connectivity index (χ2n) is 3.28. The van der Waals surface area contributed by atoms with Crippen LogP contribution in [0.3, 0.4) is 0 Å². The number of nitrogens with zero attached hydrogens (tertiary/aromatic N) is 2. The number of hydrogen-bond acceptors (Lipinski definition) is 2. The molecule has 0 spiro atoms. The average Bonchev–Trinajstić information content (AvgIpc) is 2.23. The summed E-state index contributed by atoms with van der Waals surface area (Å²) in [6.07, 6.45) is 1.88. The fourth-order valence-corrected chi connectivity index (χ4v) is 1.79. The van der Waals surface area contributed by atoms with Crippen LogP contribution < -0.4 is 4.48 Å². The summed E-state index contributed by atoms with van der Waals surface area (Å²) in [6, 6.07) is 6.16. The molecule has 1 heterocycles. The van der Waals surface area contributed by atoms with E-state index in [0.717, 1.165) is 24.1 Å². The monoisotopic (exact) mass is 196 g/mol. The summed E-state index contributed by atoms with van der Waals surface area (Å²) >= 11 is 0. The van der Waals surface area contributed by atoms with Crippen molar-refractivity contribution in [2.75, 3.05) is 19.6 Å². The van der Waals surface area contributed by atoms with Crippen LogP contribution >= 0.6 is 0 Å². The van der Waals surface area contributed by atoms with E-state index in [9.17, 15) is 0 Å². The van der Waals surface area contributed by atoms with E-state index in [2.05, 4.69) is 37.9 Å². The molecule has 1 aromatic heterocycles. The summed E-state index contributed by atoms with van der Waals surface area (Å²) in [5.74, 6) is 1.19. The van der Waals surface area contributed by atoms with Crippen molar-refractivity contribution >= 4 is 5.82 Å².